The SMILES string of the molecule is CCCC/C=C/C(O)C(COP(=O)(O)OCC[N+](C)(C)C)NC(=O)CCCCCCCCCCCCCC/C=C\C/C=C\C/C=C\CCCCCCC. The highest BCUT2D eigenvalue weighted by Gasteiger charge is 2.27. The molecular weight excluding hydrogens is 683 g/mol. The number of nitrogens with zero attached hydrogens (tertiary/aromatic N) is 1. The molecule has 0 aliphatic rings. The average Bonchev–Trinajstić information content (AvgIpc) is 3.10. The fourth-order valence-corrected chi connectivity index (χ4v) is 6.53. The first kappa shape index (κ1) is 51.5. The smallest absolute Gasteiger partial charge is 0.387 e. The monoisotopic (exact) mass is 768 g/mol. The quantitative estimate of drug-likeness (QED) is 0.0250. The lowest BCUT2D eigenvalue weighted by molar-refractivity contribution is -0.870. The van der Waals surface area contributed by atoms with E-state index in [1.54, 1.807) is 6.08 Å². The van der Waals surface area contributed by atoms with Crippen LogP contribution in [0.25, 0.3) is 0 Å². The predicted molar refractivity (Wildman–Crippen MR) is 226 cm³/mol. The first-order valence-electron chi connectivity index (χ1n) is 21.5. The van der Waals surface area contributed by atoms with Crippen molar-refractivity contribution in [3.8, 4) is 0 Å². The molecular formula is C44H84N2O6P+. The van der Waals surface area contributed by atoms with Crippen molar-refractivity contribution in [1.29, 1.82) is 0 Å². The van der Waals surface area contributed by atoms with E-state index in [1.165, 1.54) is 103 Å². The molecule has 0 aromatic carbocycles. The summed E-state index contributed by atoms with van der Waals surface area (Å²) in [6.45, 7) is 4.63. The van der Waals surface area contributed by atoms with E-state index in [-0.39, 0.29) is 19.1 Å². The predicted octanol–water partition coefficient (Wildman–Crippen LogP) is 11.7. The summed E-state index contributed by atoms with van der Waals surface area (Å²) in [4.78, 5) is 22.8. The largest absolute Gasteiger partial charge is 0.472 e. The number of phosphoric acid groups is 1. The number of unbranched alkanes of at least 4 members (excludes halogenated alkanes) is 19. The zero-order valence-electron chi connectivity index (χ0n) is 35.0. The summed E-state index contributed by atoms with van der Waals surface area (Å²) in [6, 6.07) is -0.843. The van der Waals surface area contributed by atoms with E-state index in [2.05, 4.69) is 55.6 Å². The number of quaternary nitrogens is 1. The van der Waals surface area contributed by atoms with Gasteiger partial charge >= 0.3 is 7.82 Å². The first-order chi connectivity index (χ1) is 25.5. The lowest BCUT2D eigenvalue weighted by Gasteiger charge is -2.25. The minimum absolute atomic E-state index is 0.0585. The molecule has 3 atom stereocenters. The van der Waals surface area contributed by atoms with Crippen LogP contribution in [0.5, 0.6) is 0 Å². The highest BCUT2D eigenvalue weighted by atomic mass is 31.2. The maximum atomic E-state index is 12.7. The van der Waals surface area contributed by atoms with Crippen LogP contribution in [0.4, 0.5) is 0 Å². The van der Waals surface area contributed by atoms with Gasteiger partial charge < -0.3 is 19.8 Å². The van der Waals surface area contributed by atoms with Gasteiger partial charge in [-0.1, -0.05) is 165 Å². The third kappa shape index (κ3) is 38.5. The van der Waals surface area contributed by atoms with Crippen molar-refractivity contribution in [3.05, 3.63) is 48.6 Å². The van der Waals surface area contributed by atoms with E-state index in [0.29, 0.717) is 17.4 Å². The van der Waals surface area contributed by atoms with Crippen LogP contribution < -0.4 is 5.32 Å². The number of nitrogens with one attached hydrogen (secondary N) is 1. The second-order valence-corrected chi connectivity index (χ2v) is 17.2. The van der Waals surface area contributed by atoms with Gasteiger partial charge in [0.05, 0.1) is 39.9 Å². The molecule has 0 fully saturated rings. The van der Waals surface area contributed by atoms with Gasteiger partial charge in [0.25, 0.3) is 0 Å². The first-order valence-corrected chi connectivity index (χ1v) is 23.0. The minimum Gasteiger partial charge on any atom is -0.387 e. The standard InChI is InChI=1S/C44H83N2O6P/c1-6-8-10-12-13-14-15-16-17-18-19-20-21-22-23-24-25-26-27-28-29-30-31-32-33-34-36-38-44(48)45-42(43(47)37-35-11-9-7-2)41-52-53(49,50)51-40-39-46(3,4)5/h15-16,18-19,21-22,35,37,42-43,47H,6-14,17,20,23-34,36,38-41H2,1-5H3,(H-,45,48,49,50)/p+1/b16-15-,19-18-,22-21-,37-35+. The molecule has 0 rings (SSSR count). The van der Waals surface area contributed by atoms with E-state index in [9.17, 15) is 19.4 Å². The van der Waals surface area contributed by atoms with Gasteiger partial charge in [-0.05, 0) is 51.4 Å². The van der Waals surface area contributed by atoms with Gasteiger partial charge in [0.15, 0.2) is 0 Å². The number of allylic oxidation sites excluding steroid dienone is 7. The molecule has 0 saturated carbocycles. The second kappa shape index (κ2) is 36.1. The Morgan fingerprint density at radius 1 is 0.642 bits per heavy atom. The van der Waals surface area contributed by atoms with Gasteiger partial charge in [-0.25, -0.2) is 4.57 Å². The Hall–Kier alpha value is -1.54. The number of phosphoric ester groups is 1. The number of aliphatic hydroxyl groups excluding tert-OH is 1. The highest BCUT2D eigenvalue weighted by Crippen LogP contribution is 2.43. The van der Waals surface area contributed by atoms with Crippen molar-refractivity contribution < 1.29 is 32.9 Å². The van der Waals surface area contributed by atoms with Gasteiger partial charge in [-0.15, -0.1) is 0 Å². The Kier molecular flexibility index (Phi) is 35.1. The number of amides is 1. The molecule has 0 aromatic rings. The number of carbonyl (C=O) groups is 1. The molecule has 1 amide bonds. The summed E-state index contributed by atoms with van der Waals surface area (Å²) in [5.74, 6) is -0.191. The zero-order chi connectivity index (χ0) is 39.3. The third-order valence-corrected chi connectivity index (χ3v) is 10.3. The topological polar surface area (TPSA) is 105 Å². The molecule has 3 unspecified atom stereocenters. The number of carbonyl (C=O) groups excluding carboxylic acids is 1. The number of hydrogen-bond acceptors (Lipinski definition) is 5. The van der Waals surface area contributed by atoms with Crippen LogP contribution in [0, 0.1) is 0 Å². The zero-order valence-corrected chi connectivity index (χ0v) is 35.9. The maximum Gasteiger partial charge on any atom is 0.472 e. The van der Waals surface area contributed by atoms with Gasteiger partial charge in [0.1, 0.15) is 13.2 Å². The van der Waals surface area contributed by atoms with Crippen molar-refractivity contribution in [2.75, 3.05) is 40.9 Å². The normalized spacial score (nSPS) is 14.9. The van der Waals surface area contributed by atoms with Crippen molar-refractivity contribution in [3.63, 3.8) is 0 Å². The molecule has 53 heavy (non-hydrogen) atoms. The van der Waals surface area contributed by atoms with Crippen LogP contribution in [0.15, 0.2) is 48.6 Å². The lowest BCUT2D eigenvalue weighted by Crippen LogP contribution is -2.45. The molecule has 3 N–H and O–H groups in total. The van der Waals surface area contributed by atoms with Crippen LogP contribution in [-0.4, -0.2) is 73.4 Å². The maximum absolute atomic E-state index is 12.7. The summed E-state index contributed by atoms with van der Waals surface area (Å²) in [6.07, 6.45) is 45.4. The molecule has 8 nitrogen and oxygen atoms in total. The Balaban J connectivity index is 3.96. The van der Waals surface area contributed by atoms with E-state index in [4.69, 9.17) is 9.05 Å². The molecule has 0 saturated heterocycles. The second-order valence-electron chi connectivity index (χ2n) is 15.7. The number of hydrogen-bond donors (Lipinski definition) is 3. The Bertz CT molecular complexity index is 1010. The molecule has 0 radical (unpaired) electrons. The Labute approximate surface area is 327 Å². The number of aliphatic hydroxyl groups is 1. The molecule has 0 aromatic heterocycles. The van der Waals surface area contributed by atoms with E-state index < -0.39 is 20.0 Å². The lowest BCUT2D eigenvalue weighted by atomic mass is 10.0. The minimum atomic E-state index is -4.32. The van der Waals surface area contributed by atoms with Crippen molar-refractivity contribution in [1.82, 2.24) is 5.32 Å². The van der Waals surface area contributed by atoms with Crippen LogP contribution in [0.2, 0.25) is 0 Å². The fourth-order valence-electron chi connectivity index (χ4n) is 5.80. The van der Waals surface area contributed by atoms with E-state index >= 15 is 0 Å². The summed E-state index contributed by atoms with van der Waals surface area (Å²) in [7, 11) is 1.56. The van der Waals surface area contributed by atoms with Gasteiger partial charge in [-0.2, -0.15) is 0 Å². The van der Waals surface area contributed by atoms with Crippen LogP contribution >= 0.6 is 7.82 Å². The molecule has 0 heterocycles. The van der Waals surface area contributed by atoms with Crippen LogP contribution in [0.1, 0.15) is 174 Å². The van der Waals surface area contributed by atoms with Gasteiger partial charge in [0.2, 0.25) is 5.91 Å². The molecule has 310 valence electrons. The van der Waals surface area contributed by atoms with Gasteiger partial charge in [0, 0.05) is 6.42 Å². The fraction of sp³-hybridized carbons (Fsp3) is 0.795. The molecule has 0 bridgehead atoms. The van der Waals surface area contributed by atoms with Gasteiger partial charge in [-0.3, -0.25) is 13.8 Å². The molecule has 9 heteroatoms. The van der Waals surface area contributed by atoms with E-state index in [1.807, 2.05) is 27.2 Å². The summed E-state index contributed by atoms with van der Waals surface area (Å²) < 4.78 is 23.3. The molecule has 0 aliphatic heterocycles. The number of likely N-dealkylation sites (N-methyl/N-ethyl adjacent to an activating group) is 1. The third-order valence-electron chi connectivity index (χ3n) is 9.29. The highest BCUT2D eigenvalue weighted by molar-refractivity contribution is 7.47. The molecule has 0 aliphatic carbocycles. The molecule has 0 spiro atoms. The summed E-state index contributed by atoms with van der Waals surface area (Å²) in [5.41, 5.74) is 0. The van der Waals surface area contributed by atoms with Crippen LogP contribution in [-0.2, 0) is 18.4 Å². The van der Waals surface area contributed by atoms with Crippen molar-refractivity contribution >= 4 is 13.7 Å². The summed E-state index contributed by atoms with van der Waals surface area (Å²) >= 11 is 0. The average molecular weight is 768 g/mol. The Morgan fingerprint density at radius 2 is 1.09 bits per heavy atom. The van der Waals surface area contributed by atoms with Crippen LogP contribution in [0.3, 0.4) is 0 Å². The van der Waals surface area contributed by atoms with E-state index in [0.717, 1.165) is 51.4 Å². The number of rotatable bonds is 38. The summed E-state index contributed by atoms with van der Waals surface area (Å²) in [5, 5.41) is 13.5. The van der Waals surface area contributed by atoms with Crippen molar-refractivity contribution in [2.24, 2.45) is 0 Å². The Morgan fingerprint density at radius 3 is 1.60 bits per heavy atom. The van der Waals surface area contributed by atoms with Crippen molar-refractivity contribution in [2.45, 2.75) is 187 Å².